The number of nitrogens with zero attached hydrogens (tertiary/aromatic N) is 4. The summed E-state index contributed by atoms with van der Waals surface area (Å²) in [5.41, 5.74) is 0.240. The third-order valence-electron chi connectivity index (χ3n) is 3.11. The summed E-state index contributed by atoms with van der Waals surface area (Å²) in [4.78, 5) is 0. The fourth-order valence-electron chi connectivity index (χ4n) is 1.40. The van der Waals surface area contributed by atoms with Gasteiger partial charge in [-0.25, -0.2) is 0 Å². The van der Waals surface area contributed by atoms with Gasteiger partial charge < -0.3 is 5.11 Å². The van der Waals surface area contributed by atoms with Gasteiger partial charge in [-0.2, -0.15) is 4.68 Å². The van der Waals surface area contributed by atoms with Crippen molar-refractivity contribution in [1.29, 1.82) is 0 Å². The number of aliphatic hydroxyl groups is 1. The number of para-hydroxylation sites is 1. The van der Waals surface area contributed by atoms with Gasteiger partial charge in [-0.3, -0.25) is 0 Å². The third kappa shape index (κ3) is 3.54. The molecule has 2 rings (SSSR count). The van der Waals surface area contributed by atoms with E-state index in [9.17, 15) is 5.11 Å². The Morgan fingerprint density at radius 3 is 2.63 bits per heavy atom. The summed E-state index contributed by atoms with van der Waals surface area (Å²) in [6.07, 6.45) is 0. The first kappa shape index (κ1) is 14.0. The molecule has 0 aliphatic rings. The summed E-state index contributed by atoms with van der Waals surface area (Å²) < 4.78 is 1.71. The topological polar surface area (TPSA) is 63.8 Å². The van der Waals surface area contributed by atoms with Crippen molar-refractivity contribution in [3.8, 4) is 5.69 Å². The van der Waals surface area contributed by atoms with Crippen LogP contribution in [-0.2, 0) is 0 Å². The highest BCUT2D eigenvalue weighted by molar-refractivity contribution is 7.99. The summed E-state index contributed by atoms with van der Waals surface area (Å²) in [7, 11) is 0. The molecule has 0 amide bonds. The minimum atomic E-state index is -0.696. The average Bonchev–Trinajstić information content (AvgIpc) is 2.84. The van der Waals surface area contributed by atoms with Gasteiger partial charge in [0.05, 0.1) is 11.3 Å². The van der Waals surface area contributed by atoms with Crippen molar-refractivity contribution in [3.05, 3.63) is 30.3 Å². The summed E-state index contributed by atoms with van der Waals surface area (Å²) in [5.74, 6) is 0.912. The Bertz CT molecular complexity index is 521. The quantitative estimate of drug-likeness (QED) is 0.849. The van der Waals surface area contributed by atoms with Crippen molar-refractivity contribution in [2.45, 2.75) is 31.5 Å². The minimum absolute atomic E-state index is 0.151. The van der Waals surface area contributed by atoms with Crippen LogP contribution in [0.4, 0.5) is 0 Å². The molecule has 19 heavy (non-hydrogen) atoms. The Morgan fingerprint density at radius 1 is 1.32 bits per heavy atom. The van der Waals surface area contributed by atoms with Crippen molar-refractivity contribution >= 4 is 11.8 Å². The van der Waals surface area contributed by atoms with Gasteiger partial charge in [-0.1, -0.05) is 36.9 Å². The fraction of sp³-hybridized carbons (Fsp3) is 0.462. The lowest BCUT2D eigenvalue weighted by molar-refractivity contribution is 0.0346. The van der Waals surface area contributed by atoms with Gasteiger partial charge in [0.15, 0.2) is 0 Å². The molecule has 0 saturated heterocycles. The highest BCUT2D eigenvalue weighted by Gasteiger charge is 2.23. The van der Waals surface area contributed by atoms with Gasteiger partial charge in [0, 0.05) is 5.75 Å². The Morgan fingerprint density at radius 2 is 2.00 bits per heavy atom. The first-order valence-electron chi connectivity index (χ1n) is 6.17. The van der Waals surface area contributed by atoms with Crippen LogP contribution < -0.4 is 0 Å². The predicted molar refractivity (Wildman–Crippen MR) is 75.3 cm³/mol. The van der Waals surface area contributed by atoms with Crippen molar-refractivity contribution in [3.63, 3.8) is 0 Å². The molecule has 1 aromatic heterocycles. The standard InChI is InChI=1S/C13H18N4OS/c1-10(13(2,3)18)9-19-12-14-15-16-17(12)11-7-5-4-6-8-11/h4-8,10,18H,9H2,1-3H3/t10-/m0/s1. The molecule has 0 spiro atoms. The normalized spacial score (nSPS) is 13.5. The predicted octanol–water partition coefficient (Wildman–Crippen LogP) is 2.16. The van der Waals surface area contributed by atoms with Crippen molar-refractivity contribution in [2.75, 3.05) is 5.75 Å². The Kier molecular flexibility index (Phi) is 4.21. The summed E-state index contributed by atoms with van der Waals surface area (Å²) >= 11 is 1.55. The SMILES string of the molecule is C[C@@H](CSc1nnnn1-c1ccccc1)C(C)(C)O. The number of thioether (sulfide) groups is 1. The van der Waals surface area contributed by atoms with Gasteiger partial charge in [0.2, 0.25) is 5.16 Å². The van der Waals surface area contributed by atoms with Crippen LogP contribution in [-0.4, -0.2) is 36.7 Å². The van der Waals surface area contributed by atoms with Crippen molar-refractivity contribution in [2.24, 2.45) is 5.92 Å². The number of aromatic nitrogens is 4. The van der Waals surface area contributed by atoms with Crippen LogP contribution in [0.15, 0.2) is 35.5 Å². The molecule has 0 bridgehead atoms. The number of hydrogen-bond acceptors (Lipinski definition) is 5. The molecule has 5 nitrogen and oxygen atoms in total. The van der Waals surface area contributed by atoms with Crippen molar-refractivity contribution < 1.29 is 5.11 Å². The van der Waals surface area contributed by atoms with E-state index in [-0.39, 0.29) is 5.92 Å². The molecule has 102 valence electrons. The van der Waals surface area contributed by atoms with E-state index >= 15 is 0 Å². The summed E-state index contributed by atoms with van der Waals surface area (Å²) in [6.45, 7) is 5.65. The summed E-state index contributed by atoms with van der Waals surface area (Å²) in [6, 6.07) is 9.77. The molecule has 6 heteroatoms. The number of hydrogen-bond donors (Lipinski definition) is 1. The first-order chi connectivity index (χ1) is 8.98. The fourth-order valence-corrected chi connectivity index (χ4v) is 2.57. The number of rotatable bonds is 5. The minimum Gasteiger partial charge on any atom is -0.390 e. The van der Waals surface area contributed by atoms with Crippen LogP contribution in [0.3, 0.4) is 0 Å². The molecular formula is C13H18N4OS. The van der Waals surface area contributed by atoms with Crippen LogP contribution in [0, 0.1) is 5.92 Å². The van der Waals surface area contributed by atoms with Crippen LogP contribution >= 0.6 is 11.8 Å². The molecule has 2 aromatic rings. The lowest BCUT2D eigenvalue weighted by Gasteiger charge is -2.25. The second-order valence-electron chi connectivity index (χ2n) is 5.07. The second-order valence-corrected chi connectivity index (χ2v) is 6.06. The van der Waals surface area contributed by atoms with Gasteiger partial charge in [0.1, 0.15) is 0 Å². The van der Waals surface area contributed by atoms with Gasteiger partial charge in [-0.05, 0) is 42.3 Å². The highest BCUT2D eigenvalue weighted by atomic mass is 32.2. The second kappa shape index (κ2) is 5.71. The van der Waals surface area contributed by atoms with Crippen LogP contribution in [0.5, 0.6) is 0 Å². The molecule has 1 aromatic carbocycles. The lowest BCUT2D eigenvalue weighted by atomic mass is 9.95. The van der Waals surface area contributed by atoms with Crippen LogP contribution in [0.2, 0.25) is 0 Å². The molecule has 0 fully saturated rings. The molecule has 1 N–H and O–H groups in total. The molecule has 0 unspecified atom stereocenters. The largest absolute Gasteiger partial charge is 0.390 e. The summed E-state index contributed by atoms with van der Waals surface area (Å²) in [5, 5.41) is 22.4. The van der Waals surface area contributed by atoms with E-state index < -0.39 is 5.60 Å². The van der Waals surface area contributed by atoms with Crippen molar-refractivity contribution in [1.82, 2.24) is 20.2 Å². The molecular weight excluding hydrogens is 260 g/mol. The molecule has 0 aliphatic heterocycles. The first-order valence-corrected chi connectivity index (χ1v) is 7.16. The monoisotopic (exact) mass is 278 g/mol. The van der Waals surface area contributed by atoms with E-state index in [1.54, 1.807) is 16.4 Å². The van der Waals surface area contributed by atoms with Gasteiger partial charge >= 0.3 is 0 Å². The van der Waals surface area contributed by atoms with Crippen LogP contribution in [0.25, 0.3) is 5.69 Å². The maximum Gasteiger partial charge on any atom is 0.214 e. The third-order valence-corrected chi connectivity index (χ3v) is 4.29. The Balaban J connectivity index is 2.09. The molecule has 1 heterocycles. The van der Waals surface area contributed by atoms with E-state index in [0.717, 1.165) is 16.6 Å². The Hall–Kier alpha value is -1.40. The zero-order valence-electron chi connectivity index (χ0n) is 11.3. The Labute approximate surface area is 117 Å². The molecule has 0 saturated carbocycles. The van der Waals surface area contributed by atoms with E-state index in [1.165, 1.54) is 0 Å². The van der Waals surface area contributed by atoms with Crippen LogP contribution in [0.1, 0.15) is 20.8 Å². The zero-order valence-corrected chi connectivity index (χ0v) is 12.1. The molecule has 0 aliphatic carbocycles. The maximum atomic E-state index is 9.93. The van der Waals surface area contributed by atoms with Gasteiger partial charge in [0.25, 0.3) is 0 Å². The van der Waals surface area contributed by atoms with E-state index in [2.05, 4.69) is 15.5 Å². The maximum absolute atomic E-state index is 9.93. The smallest absolute Gasteiger partial charge is 0.214 e. The van der Waals surface area contributed by atoms with E-state index in [1.807, 2.05) is 51.1 Å². The zero-order chi connectivity index (χ0) is 13.9. The molecule has 0 radical (unpaired) electrons. The highest BCUT2D eigenvalue weighted by Crippen LogP contribution is 2.25. The molecule has 1 atom stereocenters. The number of tetrazole rings is 1. The number of benzene rings is 1. The lowest BCUT2D eigenvalue weighted by Crippen LogP contribution is -2.30. The van der Waals surface area contributed by atoms with E-state index in [0.29, 0.717) is 0 Å². The van der Waals surface area contributed by atoms with E-state index in [4.69, 9.17) is 0 Å². The average molecular weight is 278 g/mol. The van der Waals surface area contributed by atoms with Gasteiger partial charge in [-0.15, -0.1) is 5.10 Å².